The van der Waals surface area contributed by atoms with Gasteiger partial charge in [-0.1, -0.05) is 28.1 Å². The van der Waals surface area contributed by atoms with E-state index in [1.165, 1.54) is 5.56 Å². The molecular formula is C12H19BrN2O. The van der Waals surface area contributed by atoms with Gasteiger partial charge in [0.15, 0.2) is 0 Å². The molecule has 1 rings (SSSR count). The average Bonchev–Trinajstić information content (AvgIpc) is 2.24. The van der Waals surface area contributed by atoms with E-state index < -0.39 is 0 Å². The van der Waals surface area contributed by atoms with Crippen molar-refractivity contribution in [3.8, 4) is 0 Å². The number of hydrogen-bond donors (Lipinski definition) is 1. The maximum Gasteiger partial charge on any atom is 0.0594 e. The Labute approximate surface area is 106 Å². The van der Waals surface area contributed by atoms with E-state index in [1.54, 1.807) is 0 Å². The molecule has 0 aliphatic carbocycles. The molecule has 0 atom stereocenters. The van der Waals surface area contributed by atoms with Gasteiger partial charge in [0.25, 0.3) is 0 Å². The largest absolute Gasteiger partial charge is 0.379 e. The highest BCUT2D eigenvalue weighted by Gasteiger charge is 2.00. The standard InChI is InChI=1S/C12H19BrN2O/c1-15(6-8-16-7-5-14)10-11-3-2-4-12(13)9-11/h2-4,9H,5-8,10,14H2,1H3. The summed E-state index contributed by atoms with van der Waals surface area (Å²) >= 11 is 3.47. The van der Waals surface area contributed by atoms with Crippen molar-refractivity contribution in [2.75, 3.05) is 33.4 Å². The van der Waals surface area contributed by atoms with Crippen LogP contribution in [0.2, 0.25) is 0 Å². The third-order valence-electron chi connectivity index (χ3n) is 2.22. The first-order valence-corrected chi connectivity index (χ1v) is 6.22. The van der Waals surface area contributed by atoms with Gasteiger partial charge in [-0.2, -0.15) is 0 Å². The van der Waals surface area contributed by atoms with Crippen LogP contribution in [0.4, 0.5) is 0 Å². The van der Waals surface area contributed by atoms with Crippen molar-refractivity contribution < 1.29 is 4.74 Å². The van der Waals surface area contributed by atoms with Crippen LogP contribution >= 0.6 is 15.9 Å². The van der Waals surface area contributed by atoms with Crippen molar-refractivity contribution in [1.82, 2.24) is 4.90 Å². The molecular weight excluding hydrogens is 268 g/mol. The Bertz CT molecular complexity index is 307. The maximum absolute atomic E-state index is 5.34. The summed E-state index contributed by atoms with van der Waals surface area (Å²) < 4.78 is 6.46. The van der Waals surface area contributed by atoms with Crippen LogP contribution < -0.4 is 5.73 Å². The molecule has 2 N–H and O–H groups in total. The lowest BCUT2D eigenvalue weighted by Gasteiger charge is -2.16. The van der Waals surface area contributed by atoms with Crippen LogP contribution in [0.5, 0.6) is 0 Å². The minimum atomic E-state index is 0.593. The quantitative estimate of drug-likeness (QED) is 0.778. The Kier molecular flexibility index (Phi) is 6.64. The molecule has 0 aliphatic rings. The lowest BCUT2D eigenvalue weighted by atomic mass is 10.2. The molecule has 16 heavy (non-hydrogen) atoms. The lowest BCUT2D eigenvalue weighted by Crippen LogP contribution is -2.23. The predicted molar refractivity (Wildman–Crippen MR) is 70.3 cm³/mol. The molecule has 0 saturated heterocycles. The Morgan fingerprint density at radius 1 is 1.38 bits per heavy atom. The summed E-state index contributed by atoms with van der Waals surface area (Å²) in [6, 6.07) is 8.35. The zero-order chi connectivity index (χ0) is 11.8. The molecule has 90 valence electrons. The van der Waals surface area contributed by atoms with Crippen molar-refractivity contribution in [3.05, 3.63) is 34.3 Å². The summed E-state index contributed by atoms with van der Waals surface area (Å²) in [6.07, 6.45) is 0. The molecule has 0 fully saturated rings. The van der Waals surface area contributed by atoms with Gasteiger partial charge in [-0.3, -0.25) is 4.90 Å². The van der Waals surface area contributed by atoms with Crippen LogP contribution in [0.25, 0.3) is 0 Å². The van der Waals surface area contributed by atoms with E-state index in [-0.39, 0.29) is 0 Å². The molecule has 0 heterocycles. The van der Waals surface area contributed by atoms with E-state index in [0.717, 1.165) is 24.2 Å². The van der Waals surface area contributed by atoms with Gasteiger partial charge >= 0.3 is 0 Å². The number of halogens is 1. The van der Waals surface area contributed by atoms with Gasteiger partial charge in [-0.15, -0.1) is 0 Å². The zero-order valence-corrected chi connectivity index (χ0v) is 11.2. The van der Waals surface area contributed by atoms with Crippen molar-refractivity contribution >= 4 is 15.9 Å². The van der Waals surface area contributed by atoms with E-state index >= 15 is 0 Å². The molecule has 0 bridgehead atoms. The molecule has 1 aromatic carbocycles. The van der Waals surface area contributed by atoms with Gasteiger partial charge in [0, 0.05) is 24.1 Å². The third-order valence-corrected chi connectivity index (χ3v) is 2.71. The topological polar surface area (TPSA) is 38.5 Å². The minimum absolute atomic E-state index is 0.593. The van der Waals surface area contributed by atoms with Gasteiger partial charge in [-0.25, -0.2) is 0 Å². The van der Waals surface area contributed by atoms with Crippen LogP contribution in [0, 0.1) is 0 Å². The van der Waals surface area contributed by atoms with Crippen molar-refractivity contribution in [2.45, 2.75) is 6.54 Å². The summed E-state index contributed by atoms with van der Waals surface area (Å²) in [5.74, 6) is 0. The third kappa shape index (κ3) is 5.61. The van der Waals surface area contributed by atoms with Crippen molar-refractivity contribution in [2.24, 2.45) is 5.73 Å². The molecule has 0 aliphatic heterocycles. The number of benzene rings is 1. The number of rotatable bonds is 7. The molecule has 0 spiro atoms. The molecule has 0 saturated carbocycles. The van der Waals surface area contributed by atoms with Gasteiger partial charge in [0.2, 0.25) is 0 Å². The molecule has 0 aromatic heterocycles. The van der Waals surface area contributed by atoms with Crippen molar-refractivity contribution in [1.29, 1.82) is 0 Å². The molecule has 0 amide bonds. The molecule has 4 heteroatoms. The average molecular weight is 287 g/mol. The monoisotopic (exact) mass is 286 g/mol. The van der Waals surface area contributed by atoms with Crippen LogP contribution in [0.15, 0.2) is 28.7 Å². The Morgan fingerprint density at radius 3 is 2.88 bits per heavy atom. The maximum atomic E-state index is 5.34. The Hall–Kier alpha value is -0.420. The fourth-order valence-corrected chi connectivity index (χ4v) is 1.88. The second-order valence-electron chi connectivity index (χ2n) is 3.77. The van der Waals surface area contributed by atoms with Gasteiger partial charge < -0.3 is 10.5 Å². The fraction of sp³-hybridized carbons (Fsp3) is 0.500. The highest BCUT2D eigenvalue weighted by molar-refractivity contribution is 9.10. The van der Waals surface area contributed by atoms with Gasteiger partial charge in [0.05, 0.1) is 13.2 Å². The first kappa shape index (κ1) is 13.6. The first-order valence-electron chi connectivity index (χ1n) is 5.43. The number of hydrogen-bond acceptors (Lipinski definition) is 3. The number of ether oxygens (including phenoxy) is 1. The van der Waals surface area contributed by atoms with Crippen LogP contribution in [-0.4, -0.2) is 38.3 Å². The van der Waals surface area contributed by atoms with E-state index in [9.17, 15) is 0 Å². The molecule has 1 aromatic rings. The first-order chi connectivity index (χ1) is 7.72. The predicted octanol–water partition coefficient (Wildman–Crippen LogP) is 1.86. The zero-order valence-electron chi connectivity index (χ0n) is 9.66. The lowest BCUT2D eigenvalue weighted by molar-refractivity contribution is 0.115. The Morgan fingerprint density at radius 2 is 2.19 bits per heavy atom. The normalized spacial score (nSPS) is 11.0. The van der Waals surface area contributed by atoms with E-state index in [4.69, 9.17) is 10.5 Å². The summed E-state index contributed by atoms with van der Waals surface area (Å²) in [4.78, 5) is 2.23. The summed E-state index contributed by atoms with van der Waals surface area (Å²) in [5.41, 5.74) is 6.64. The highest BCUT2D eigenvalue weighted by atomic mass is 79.9. The molecule has 0 radical (unpaired) electrons. The van der Waals surface area contributed by atoms with Crippen LogP contribution in [-0.2, 0) is 11.3 Å². The van der Waals surface area contributed by atoms with E-state index in [0.29, 0.717) is 13.2 Å². The number of nitrogens with two attached hydrogens (primary N) is 1. The number of likely N-dealkylation sites (N-methyl/N-ethyl adjacent to an activating group) is 1. The second kappa shape index (κ2) is 7.79. The smallest absolute Gasteiger partial charge is 0.0594 e. The Balaban J connectivity index is 2.25. The summed E-state index contributed by atoms with van der Waals surface area (Å²) in [5, 5.41) is 0. The fourth-order valence-electron chi connectivity index (χ4n) is 1.43. The van der Waals surface area contributed by atoms with Crippen LogP contribution in [0.1, 0.15) is 5.56 Å². The van der Waals surface area contributed by atoms with Gasteiger partial charge in [-0.05, 0) is 24.7 Å². The molecule has 0 unspecified atom stereocenters. The van der Waals surface area contributed by atoms with E-state index in [2.05, 4.69) is 46.1 Å². The summed E-state index contributed by atoms with van der Waals surface area (Å²) in [7, 11) is 2.09. The molecule has 3 nitrogen and oxygen atoms in total. The summed E-state index contributed by atoms with van der Waals surface area (Å²) in [6.45, 7) is 3.83. The van der Waals surface area contributed by atoms with Gasteiger partial charge in [0.1, 0.15) is 0 Å². The van der Waals surface area contributed by atoms with E-state index in [1.807, 2.05) is 6.07 Å². The second-order valence-corrected chi connectivity index (χ2v) is 4.68. The van der Waals surface area contributed by atoms with Crippen LogP contribution in [0.3, 0.4) is 0 Å². The highest BCUT2D eigenvalue weighted by Crippen LogP contribution is 2.12. The SMILES string of the molecule is CN(CCOCCN)Cc1cccc(Br)c1. The van der Waals surface area contributed by atoms with Crippen molar-refractivity contribution in [3.63, 3.8) is 0 Å². The minimum Gasteiger partial charge on any atom is -0.379 e. The number of nitrogens with zero attached hydrogens (tertiary/aromatic N) is 1.